The van der Waals surface area contributed by atoms with Gasteiger partial charge in [-0.1, -0.05) is 67.0 Å². The molecule has 63 heavy (non-hydrogen) atoms. The zero-order valence-corrected chi connectivity index (χ0v) is 38.3. The molecule has 0 aliphatic heterocycles. The van der Waals surface area contributed by atoms with Crippen LogP contribution < -0.4 is 29.7 Å². The van der Waals surface area contributed by atoms with E-state index in [4.69, 9.17) is 9.47 Å². The molecule has 344 valence electrons. The summed E-state index contributed by atoms with van der Waals surface area (Å²) >= 11 is 0. The summed E-state index contributed by atoms with van der Waals surface area (Å²) in [5.74, 6) is -13.5. The molecule has 3 N–H and O–H groups in total. The van der Waals surface area contributed by atoms with Crippen molar-refractivity contribution < 1.29 is 49.4 Å². The topological polar surface area (TPSA) is 138 Å². The minimum Gasteiger partial charge on any atom is -0.480 e. The Morgan fingerprint density at radius 2 is 1.49 bits per heavy atom. The van der Waals surface area contributed by atoms with E-state index in [0.29, 0.717) is 42.9 Å². The summed E-state index contributed by atoms with van der Waals surface area (Å²) in [6.45, 7) is 18.6. The first kappa shape index (κ1) is 50.4. The van der Waals surface area contributed by atoms with E-state index in [1.807, 2.05) is 43.9 Å². The Balaban J connectivity index is 1.71. The first-order valence-corrected chi connectivity index (χ1v) is 22.7. The standard InChI is InChI=1S/C46H58F5N5O6S/c1-11-15-37(62-36-19-16-28(45(6,7)12-2)23-30(36)46(8,9)13-3)44(58)55-33-25-35(57)34(52-26-61-43-41(50)39(48)38(47)40(49)42(43)51)24-32(33)54-31-18-17-29(22-27(31)5)56(14-4)21-20-53-63(10,59)60/h16-19,22-25,37,53-54H,11-15,20-21,26H2,1-10H3,(H,55,58)/b52-34+. The number of anilines is 2. The van der Waals surface area contributed by atoms with Crippen LogP contribution in [0.15, 0.2) is 64.9 Å². The van der Waals surface area contributed by atoms with Gasteiger partial charge in [-0.05, 0) is 85.4 Å². The molecule has 11 nitrogen and oxygen atoms in total. The number of sulfonamides is 1. The van der Waals surface area contributed by atoms with E-state index in [0.717, 1.165) is 42.0 Å². The molecule has 0 aromatic heterocycles. The molecule has 0 saturated carbocycles. The van der Waals surface area contributed by atoms with Crippen LogP contribution in [0.2, 0.25) is 0 Å². The molecule has 1 unspecified atom stereocenters. The van der Waals surface area contributed by atoms with E-state index in [2.05, 4.69) is 68.0 Å². The average Bonchev–Trinajstić information content (AvgIpc) is 3.23. The SMILES string of the molecule is CCCC(Oc1ccc(C(C)(C)CC)cc1C(C)(C)CC)C(=O)NC1=CC(=O)/C(=N/COc2c(F)c(F)c(F)c(F)c2F)C=C1Nc1ccc(N(CC)CCNS(C)(=O)=O)cc1C. The normalized spacial score (nSPS) is 14.6. The smallest absolute Gasteiger partial charge is 0.265 e. The van der Waals surface area contributed by atoms with Gasteiger partial charge in [0.2, 0.25) is 44.9 Å². The lowest BCUT2D eigenvalue weighted by molar-refractivity contribution is -0.127. The van der Waals surface area contributed by atoms with Crippen molar-refractivity contribution in [3.05, 3.63) is 106 Å². The Kier molecular flexibility index (Phi) is 16.7. The highest BCUT2D eigenvalue weighted by atomic mass is 32.2. The van der Waals surface area contributed by atoms with Crippen molar-refractivity contribution in [1.29, 1.82) is 0 Å². The number of aliphatic imine (C=N–C) groups is 1. The van der Waals surface area contributed by atoms with Crippen molar-refractivity contribution in [3.63, 3.8) is 0 Å². The second-order valence-electron chi connectivity index (χ2n) is 16.6. The van der Waals surface area contributed by atoms with Gasteiger partial charge in [0.1, 0.15) is 11.5 Å². The molecule has 1 aliphatic carbocycles. The average molecular weight is 904 g/mol. The molecule has 3 aromatic carbocycles. The van der Waals surface area contributed by atoms with E-state index in [1.54, 1.807) is 12.1 Å². The summed E-state index contributed by atoms with van der Waals surface area (Å²) < 4.78 is 107. The maximum Gasteiger partial charge on any atom is 0.265 e. The summed E-state index contributed by atoms with van der Waals surface area (Å²) in [5, 5.41) is 6.07. The third-order valence-electron chi connectivity index (χ3n) is 11.3. The number of nitrogens with one attached hydrogen (secondary N) is 3. The lowest BCUT2D eigenvalue weighted by Crippen LogP contribution is -2.40. The summed E-state index contributed by atoms with van der Waals surface area (Å²) in [6.07, 6.45) is 5.04. The minimum atomic E-state index is -3.39. The molecule has 0 spiro atoms. The van der Waals surface area contributed by atoms with Crippen molar-refractivity contribution in [2.45, 2.75) is 105 Å². The molecule has 1 amide bonds. The van der Waals surface area contributed by atoms with Crippen molar-refractivity contribution in [3.8, 4) is 11.5 Å². The number of hydrogen-bond acceptors (Lipinski definition) is 9. The minimum absolute atomic E-state index is 0.0361. The number of rotatable bonds is 21. The third kappa shape index (κ3) is 12.5. The molecule has 0 heterocycles. The predicted octanol–water partition coefficient (Wildman–Crippen LogP) is 9.05. The number of halogens is 5. The number of benzene rings is 3. The lowest BCUT2D eigenvalue weighted by Gasteiger charge is -2.31. The number of amides is 1. The highest BCUT2D eigenvalue weighted by Crippen LogP contribution is 2.39. The number of nitrogens with zero attached hydrogens (tertiary/aromatic N) is 2. The molecular weight excluding hydrogens is 846 g/mol. The van der Waals surface area contributed by atoms with Crippen molar-refractivity contribution >= 4 is 38.8 Å². The summed E-state index contributed by atoms with van der Waals surface area (Å²) in [6, 6.07) is 11.5. The second-order valence-corrected chi connectivity index (χ2v) is 18.5. The summed E-state index contributed by atoms with van der Waals surface area (Å²) in [5.41, 5.74) is 3.60. The second kappa shape index (κ2) is 20.9. The molecular formula is C46H58F5N5O6S. The van der Waals surface area contributed by atoms with Crippen LogP contribution in [0.4, 0.5) is 33.3 Å². The van der Waals surface area contributed by atoms with Crippen LogP contribution in [0, 0.1) is 36.0 Å². The molecule has 0 saturated heterocycles. The molecule has 0 bridgehead atoms. The van der Waals surface area contributed by atoms with Crippen LogP contribution in [0.25, 0.3) is 0 Å². The fraction of sp³-hybridized carbons (Fsp3) is 0.457. The lowest BCUT2D eigenvalue weighted by atomic mass is 9.76. The van der Waals surface area contributed by atoms with Crippen molar-refractivity contribution in [1.82, 2.24) is 10.0 Å². The number of likely N-dealkylation sites (N-methyl/N-ethyl adjacent to an activating group) is 1. The summed E-state index contributed by atoms with van der Waals surface area (Å²) in [4.78, 5) is 33.7. The van der Waals surface area contributed by atoms with Crippen LogP contribution in [0.1, 0.15) is 97.8 Å². The van der Waals surface area contributed by atoms with Gasteiger partial charge in [-0.3, -0.25) is 9.59 Å². The number of carbonyl (C=O) groups is 2. The number of carbonyl (C=O) groups excluding carboxylic acids is 2. The largest absolute Gasteiger partial charge is 0.480 e. The Morgan fingerprint density at radius 1 is 0.857 bits per heavy atom. The van der Waals surface area contributed by atoms with Crippen LogP contribution >= 0.6 is 0 Å². The van der Waals surface area contributed by atoms with E-state index < -0.39 is 69.4 Å². The van der Waals surface area contributed by atoms with Gasteiger partial charge in [-0.15, -0.1) is 0 Å². The highest BCUT2D eigenvalue weighted by molar-refractivity contribution is 7.88. The number of allylic oxidation sites excluding steroid dienone is 2. The predicted molar refractivity (Wildman–Crippen MR) is 236 cm³/mol. The van der Waals surface area contributed by atoms with Crippen LogP contribution in [0.5, 0.6) is 11.5 Å². The van der Waals surface area contributed by atoms with Gasteiger partial charge in [-0.2, -0.15) is 8.78 Å². The fourth-order valence-electron chi connectivity index (χ4n) is 6.59. The molecule has 1 aliphatic rings. The van der Waals surface area contributed by atoms with E-state index in [1.165, 1.54) is 6.08 Å². The molecule has 17 heteroatoms. The summed E-state index contributed by atoms with van der Waals surface area (Å²) in [7, 11) is -3.39. The quantitative estimate of drug-likeness (QED) is 0.0417. The van der Waals surface area contributed by atoms with E-state index in [9.17, 15) is 40.0 Å². The molecule has 3 aromatic rings. The molecule has 0 fully saturated rings. The van der Waals surface area contributed by atoms with Gasteiger partial charge in [-0.25, -0.2) is 31.3 Å². The number of hydrogen-bond donors (Lipinski definition) is 3. The van der Waals surface area contributed by atoms with E-state index in [-0.39, 0.29) is 34.5 Å². The van der Waals surface area contributed by atoms with Crippen LogP contribution in [0.3, 0.4) is 0 Å². The highest BCUT2D eigenvalue weighted by Gasteiger charge is 2.31. The Labute approximate surface area is 367 Å². The zero-order chi connectivity index (χ0) is 47.0. The van der Waals surface area contributed by atoms with Gasteiger partial charge in [0.25, 0.3) is 5.91 Å². The van der Waals surface area contributed by atoms with Crippen molar-refractivity contribution in [2.75, 3.05) is 42.8 Å². The molecule has 0 radical (unpaired) electrons. The number of aryl methyl sites for hydroxylation is 1. The van der Waals surface area contributed by atoms with E-state index >= 15 is 0 Å². The zero-order valence-electron chi connectivity index (χ0n) is 37.5. The van der Waals surface area contributed by atoms with Gasteiger partial charge in [0.15, 0.2) is 18.6 Å². The fourth-order valence-corrected chi connectivity index (χ4v) is 7.05. The maximum atomic E-state index is 14.3. The number of ketones is 1. The first-order valence-electron chi connectivity index (χ1n) is 20.8. The van der Waals surface area contributed by atoms with Gasteiger partial charge >= 0.3 is 0 Å². The Morgan fingerprint density at radius 3 is 2.06 bits per heavy atom. The Bertz CT molecular complexity index is 2370. The first-order chi connectivity index (χ1) is 29.5. The van der Waals surface area contributed by atoms with Crippen molar-refractivity contribution in [2.24, 2.45) is 4.99 Å². The maximum absolute atomic E-state index is 14.3. The van der Waals surface area contributed by atoms with Crippen LogP contribution in [-0.2, 0) is 30.4 Å². The van der Waals surface area contributed by atoms with Crippen LogP contribution in [-0.4, -0.2) is 64.5 Å². The third-order valence-corrected chi connectivity index (χ3v) is 12.0. The van der Waals surface area contributed by atoms with Gasteiger partial charge in [0, 0.05) is 42.6 Å². The van der Waals surface area contributed by atoms with Gasteiger partial charge < -0.3 is 25.0 Å². The van der Waals surface area contributed by atoms with Gasteiger partial charge in [0.05, 0.1) is 17.6 Å². The monoisotopic (exact) mass is 903 g/mol. The molecule has 1 atom stereocenters. The number of ether oxygens (including phenoxy) is 2. The molecule has 4 rings (SSSR count). The Hall–Kier alpha value is -5.29.